The van der Waals surface area contributed by atoms with Gasteiger partial charge >= 0.3 is 0 Å². The monoisotopic (exact) mass is 291 g/mol. The zero-order valence-corrected chi connectivity index (χ0v) is 11.7. The molecule has 0 unspecified atom stereocenters. The maximum atomic E-state index is 11.1. The van der Waals surface area contributed by atoms with E-state index in [-0.39, 0.29) is 0 Å². The van der Waals surface area contributed by atoms with Gasteiger partial charge in [-0.2, -0.15) is 0 Å². The normalized spacial score (nSPS) is 10.1. The smallest absolute Gasteiger partial charge is 0.248 e. The Bertz CT molecular complexity index is 628. The van der Waals surface area contributed by atoms with Crippen LogP contribution < -0.4 is 15.2 Å². The number of methoxy groups -OCH3 is 1. The van der Waals surface area contributed by atoms with E-state index in [0.29, 0.717) is 28.7 Å². The van der Waals surface area contributed by atoms with Gasteiger partial charge in [0.1, 0.15) is 6.61 Å². The molecule has 4 nitrogen and oxygen atoms in total. The van der Waals surface area contributed by atoms with Crippen LogP contribution in [0.1, 0.15) is 15.9 Å². The quantitative estimate of drug-likeness (QED) is 0.921. The number of nitrogens with two attached hydrogens (primary N) is 1. The molecule has 0 saturated heterocycles. The lowest BCUT2D eigenvalue weighted by molar-refractivity contribution is 0.1000. The van der Waals surface area contributed by atoms with Crippen LogP contribution in [-0.4, -0.2) is 13.0 Å². The van der Waals surface area contributed by atoms with Gasteiger partial charge in [0.2, 0.25) is 5.91 Å². The first-order valence-corrected chi connectivity index (χ1v) is 6.33. The van der Waals surface area contributed by atoms with Gasteiger partial charge in [-0.3, -0.25) is 4.79 Å². The van der Waals surface area contributed by atoms with Gasteiger partial charge in [0.25, 0.3) is 0 Å². The third kappa shape index (κ3) is 3.22. The Morgan fingerprint density at radius 2 is 1.95 bits per heavy atom. The molecule has 5 heteroatoms. The lowest BCUT2D eigenvalue weighted by Gasteiger charge is -2.12. The predicted octanol–water partition coefficient (Wildman–Crippen LogP) is 3.03. The SMILES string of the molecule is COc1cc(C(N)=O)ccc1OCc1ccccc1Cl. The summed E-state index contributed by atoms with van der Waals surface area (Å²) in [4.78, 5) is 11.1. The Kier molecular flexibility index (Phi) is 4.48. The highest BCUT2D eigenvalue weighted by Gasteiger charge is 2.09. The van der Waals surface area contributed by atoms with Gasteiger partial charge in [-0.05, 0) is 24.3 Å². The largest absolute Gasteiger partial charge is 0.493 e. The summed E-state index contributed by atoms with van der Waals surface area (Å²) in [5.74, 6) is 0.465. The van der Waals surface area contributed by atoms with Crippen LogP contribution in [0.3, 0.4) is 0 Å². The number of benzene rings is 2. The molecule has 0 bridgehead atoms. The molecule has 0 heterocycles. The zero-order chi connectivity index (χ0) is 14.5. The van der Waals surface area contributed by atoms with Crippen LogP contribution in [0.25, 0.3) is 0 Å². The molecule has 0 fully saturated rings. The number of halogens is 1. The van der Waals surface area contributed by atoms with Crippen LogP contribution in [0.15, 0.2) is 42.5 Å². The van der Waals surface area contributed by atoms with Crippen molar-refractivity contribution in [2.45, 2.75) is 6.61 Å². The molecule has 0 atom stereocenters. The number of carbonyl (C=O) groups excluding carboxylic acids is 1. The molecular weight excluding hydrogens is 278 g/mol. The fourth-order valence-electron chi connectivity index (χ4n) is 1.71. The molecule has 2 rings (SSSR count). The summed E-state index contributed by atoms with van der Waals surface area (Å²) >= 11 is 6.06. The minimum atomic E-state index is -0.513. The lowest BCUT2D eigenvalue weighted by atomic mass is 10.2. The number of hydrogen-bond acceptors (Lipinski definition) is 3. The predicted molar refractivity (Wildman–Crippen MR) is 77.3 cm³/mol. The summed E-state index contributed by atoms with van der Waals surface area (Å²) in [6.07, 6.45) is 0. The van der Waals surface area contributed by atoms with Crippen molar-refractivity contribution in [3.05, 3.63) is 58.6 Å². The van der Waals surface area contributed by atoms with Crippen molar-refractivity contribution < 1.29 is 14.3 Å². The summed E-state index contributed by atoms with van der Waals surface area (Å²) in [7, 11) is 1.50. The third-order valence-corrected chi connectivity index (χ3v) is 3.16. The Balaban J connectivity index is 2.17. The minimum Gasteiger partial charge on any atom is -0.493 e. The highest BCUT2D eigenvalue weighted by atomic mass is 35.5. The molecular formula is C15H14ClNO3. The summed E-state index contributed by atoms with van der Waals surface area (Å²) in [6, 6.07) is 12.2. The van der Waals surface area contributed by atoms with Crippen molar-refractivity contribution in [1.82, 2.24) is 0 Å². The Morgan fingerprint density at radius 3 is 2.60 bits per heavy atom. The molecule has 20 heavy (non-hydrogen) atoms. The van der Waals surface area contributed by atoms with E-state index in [4.69, 9.17) is 26.8 Å². The first-order chi connectivity index (χ1) is 9.61. The molecule has 0 aliphatic heterocycles. The molecule has 0 aromatic heterocycles. The molecule has 2 aromatic carbocycles. The summed E-state index contributed by atoms with van der Waals surface area (Å²) in [5, 5.41) is 0.639. The first-order valence-electron chi connectivity index (χ1n) is 5.96. The van der Waals surface area contributed by atoms with Crippen molar-refractivity contribution >= 4 is 17.5 Å². The second-order valence-electron chi connectivity index (χ2n) is 4.11. The number of amides is 1. The van der Waals surface area contributed by atoms with Crippen LogP contribution in [0, 0.1) is 0 Å². The maximum absolute atomic E-state index is 11.1. The van der Waals surface area contributed by atoms with E-state index in [0.717, 1.165) is 5.56 Å². The lowest BCUT2D eigenvalue weighted by Crippen LogP contribution is -2.11. The average molecular weight is 292 g/mol. The van der Waals surface area contributed by atoms with E-state index >= 15 is 0 Å². The third-order valence-electron chi connectivity index (χ3n) is 2.79. The van der Waals surface area contributed by atoms with Crippen LogP contribution in [-0.2, 0) is 6.61 Å². The highest BCUT2D eigenvalue weighted by molar-refractivity contribution is 6.31. The summed E-state index contributed by atoms with van der Waals surface area (Å²) in [5.41, 5.74) is 6.46. The number of carbonyl (C=O) groups is 1. The molecule has 0 aliphatic rings. The van der Waals surface area contributed by atoms with E-state index < -0.39 is 5.91 Å². The van der Waals surface area contributed by atoms with Crippen molar-refractivity contribution in [2.24, 2.45) is 5.73 Å². The maximum Gasteiger partial charge on any atom is 0.248 e. The molecule has 2 aromatic rings. The van der Waals surface area contributed by atoms with Crippen molar-refractivity contribution in [1.29, 1.82) is 0 Å². The van der Waals surface area contributed by atoms with Gasteiger partial charge in [0.15, 0.2) is 11.5 Å². The van der Waals surface area contributed by atoms with Gasteiger partial charge in [-0.1, -0.05) is 29.8 Å². The van der Waals surface area contributed by atoms with Crippen LogP contribution in [0.4, 0.5) is 0 Å². The molecule has 1 amide bonds. The second-order valence-corrected chi connectivity index (χ2v) is 4.52. The highest BCUT2D eigenvalue weighted by Crippen LogP contribution is 2.29. The van der Waals surface area contributed by atoms with E-state index in [2.05, 4.69) is 0 Å². The summed E-state index contributed by atoms with van der Waals surface area (Å²) < 4.78 is 10.9. The molecule has 2 N–H and O–H groups in total. The fraction of sp³-hybridized carbons (Fsp3) is 0.133. The molecule has 0 spiro atoms. The molecule has 104 valence electrons. The van der Waals surface area contributed by atoms with E-state index in [1.807, 2.05) is 18.2 Å². The van der Waals surface area contributed by atoms with Crippen LogP contribution in [0.5, 0.6) is 11.5 Å². The number of hydrogen-bond donors (Lipinski definition) is 1. The Morgan fingerprint density at radius 1 is 1.20 bits per heavy atom. The van der Waals surface area contributed by atoms with Gasteiger partial charge in [0, 0.05) is 16.1 Å². The number of rotatable bonds is 5. The van der Waals surface area contributed by atoms with E-state index in [1.165, 1.54) is 7.11 Å². The standard InChI is InChI=1S/C15H14ClNO3/c1-19-14-8-10(15(17)18)6-7-13(14)20-9-11-4-2-3-5-12(11)16/h2-8H,9H2,1H3,(H2,17,18). The first kappa shape index (κ1) is 14.2. The van der Waals surface area contributed by atoms with E-state index in [9.17, 15) is 4.79 Å². The van der Waals surface area contributed by atoms with Crippen molar-refractivity contribution in [3.63, 3.8) is 0 Å². The Labute approximate surface area is 122 Å². The topological polar surface area (TPSA) is 61.5 Å². The zero-order valence-electron chi connectivity index (χ0n) is 10.9. The number of primary amides is 1. The average Bonchev–Trinajstić information content (AvgIpc) is 2.46. The molecule has 0 aliphatic carbocycles. The molecule has 0 radical (unpaired) electrons. The van der Waals surface area contributed by atoms with Crippen LogP contribution in [0.2, 0.25) is 5.02 Å². The fourth-order valence-corrected chi connectivity index (χ4v) is 1.90. The molecule has 0 saturated carbocycles. The number of ether oxygens (including phenoxy) is 2. The Hall–Kier alpha value is -2.20. The van der Waals surface area contributed by atoms with Gasteiger partial charge < -0.3 is 15.2 Å². The van der Waals surface area contributed by atoms with Crippen LogP contribution >= 0.6 is 11.6 Å². The summed E-state index contributed by atoms with van der Waals surface area (Å²) in [6.45, 7) is 0.311. The van der Waals surface area contributed by atoms with Gasteiger partial charge in [0.05, 0.1) is 7.11 Å². The van der Waals surface area contributed by atoms with Gasteiger partial charge in [-0.15, -0.1) is 0 Å². The van der Waals surface area contributed by atoms with Gasteiger partial charge in [-0.25, -0.2) is 0 Å². The minimum absolute atomic E-state index is 0.311. The second kappa shape index (κ2) is 6.30. The van der Waals surface area contributed by atoms with Crippen molar-refractivity contribution in [3.8, 4) is 11.5 Å². The van der Waals surface area contributed by atoms with E-state index in [1.54, 1.807) is 24.3 Å². The van der Waals surface area contributed by atoms with Crippen molar-refractivity contribution in [2.75, 3.05) is 7.11 Å².